The highest BCUT2D eigenvalue weighted by molar-refractivity contribution is 7.90. The van der Waals surface area contributed by atoms with Crippen molar-refractivity contribution in [2.45, 2.75) is 44.0 Å². The molecular formula is C14H21NO3S. The molecule has 19 heavy (non-hydrogen) atoms. The van der Waals surface area contributed by atoms with Crippen molar-refractivity contribution in [1.29, 1.82) is 0 Å². The molecule has 0 unspecified atom stereocenters. The average molecular weight is 283 g/mol. The van der Waals surface area contributed by atoms with Crippen LogP contribution in [0.15, 0.2) is 30.3 Å². The smallest absolute Gasteiger partial charge is 0.219 e. The van der Waals surface area contributed by atoms with E-state index in [9.17, 15) is 13.5 Å². The zero-order valence-electron chi connectivity index (χ0n) is 11.6. The van der Waals surface area contributed by atoms with E-state index in [1.807, 2.05) is 30.3 Å². The predicted molar refractivity (Wildman–Crippen MR) is 75.2 cm³/mol. The van der Waals surface area contributed by atoms with E-state index in [2.05, 4.69) is 0 Å². The second-order valence-corrected chi connectivity index (χ2v) is 8.54. The Bertz CT molecular complexity index is 534. The Labute approximate surface area is 115 Å². The number of rotatable bonds is 3. The van der Waals surface area contributed by atoms with Crippen LogP contribution in [0.3, 0.4) is 0 Å². The summed E-state index contributed by atoms with van der Waals surface area (Å²) in [6, 6.07) is 9.14. The van der Waals surface area contributed by atoms with Gasteiger partial charge in [0, 0.05) is 0 Å². The maximum absolute atomic E-state index is 12.6. The summed E-state index contributed by atoms with van der Waals surface area (Å²) in [7, 11) is -3.42. The van der Waals surface area contributed by atoms with Gasteiger partial charge in [-0.2, -0.15) is 4.31 Å². The molecule has 0 bridgehead atoms. The lowest BCUT2D eigenvalue weighted by atomic mass is 9.91. The molecule has 0 aliphatic carbocycles. The standard InChI is InChI=1S/C14H21NO3S/c1-14(2,3)19(17,18)15-12(10-16)9-13(15)11-7-5-4-6-8-11/h4-8,12-13,16H,9-10H2,1-3H3/t12-,13+/m1/s1. The molecule has 106 valence electrons. The molecular weight excluding hydrogens is 262 g/mol. The van der Waals surface area contributed by atoms with E-state index < -0.39 is 14.8 Å². The van der Waals surface area contributed by atoms with Crippen LogP contribution in [0, 0.1) is 0 Å². The fourth-order valence-electron chi connectivity index (χ4n) is 2.38. The Morgan fingerprint density at radius 1 is 1.26 bits per heavy atom. The van der Waals surface area contributed by atoms with Gasteiger partial charge in [-0.25, -0.2) is 8.42 Å². The van der Waals surface area contributed by atoms with Gasteiger partial charge in [0.25, 0.3) is 0 Å². The summed E-state index contributed by atoms with van der Waals surface area (Å²) in [5.41, 5.74) is 0.986. The molecule has 1 N–H and O–H groups in total. The summed E-state index contributed by atoms with van der Waals surface area (Å²) in [5.74, 6) is 0. The van der Waals surface area contributed by atoms with Crippen LogP contribution >= 0.6 is 0 Å². The molecule has 0 amide bonds. The van der Waals surface area contributed by atoms with Crippen LogP contribution in [-0.4, -0.2) is 35.2 Å². The topological polar surface area (TPSA) is 57.6 Å². The van der Waals surface area contributed by atoms with Crippen LogP contribution in [0.1, 0.15) is 38.8 Å². The van der Waals surface area contributed by atoms with E-state index in [1.165, 1.54) is 4.31 Å². The fraction of sp³-hybridized carbons (Fsp3) is 0.571. The van der Waals surface area contributed by atoms with Gasteiger partial charge in [-0.15, -0.1) is 0 Å². The SMILES string of the molecule is CC(C)(C)S(=O)(=O)N1[C@@H](CO)C[C@H]1c1ccccc1. The van der Waals surface area contributed by atoms with Crippen molar-refractivity contribution in [2.24, 2.45) is 0 Å². The first kappa shape index (κ1) is 14.5. The molecule has 1 heterocycles. The number of aliphatic hydroxyl groups excluding tert-OH is 1. The van der Waals surface area contributed by atoms with Gasteiger partial charge in [-0.05, 0) is 32.8 Å². The maximum atomic E-state index is 12.6. The number of hydrogen-bond acceptors (Lipinski definition) is 3. The number of nitrogens with zero attached hydrogens (tertiary/aromatic N) is 1. The minimum Gasteiger partial charge on any atom is -0.395 e. The fourth-order valence-corrected chi connectivity index (χ4v) is 4.10. The maximum Gasteiger partial charge on any atom is 0.219 e. The average Bonchev–Trinajstić information content (AvgIpc) is 2.27. The quantitative estimate of drug-likeness (QED) is 0.922. The van der Waals surface area contributed by atoms with E-state index >= 15 is 0 Å². The first-order valence-corrected chi connectivity index (χ1v) is 7.92. The Morgan fingerprint density at radius 3 is 2.32 bits per heavy atom. The highest BCUT2D eigenvalue weighted by Crippen LogP contribution is 2.43. The number of aliphatic hydroxyl groups is 1. The molecule has 0 radical (unpaired) electrons. The second kappa shape index (κ2) is 4.89. The summed E-state index contributed by atoms with van der Waals surface area (Å²) < 4.78 is 25.8. The van der Waals surface area contributed by atoms with E-state index in [0.29, 0.717) is 6.42 Å². The largest absolute Gasteiger partial charge is 0.395 e. The lowest BCUT2D eigenvalue weighted by molar-refractivity contribution is 0.0558. The Morgan fingerprint density at radius 2 is 1.84 bits per heavy atom. The van der Waals surface area contributed by atoms with Crippen molar-refractivity contribution in [3.8, 4) is 0 Å². The Kier molecular flexibility index (Phi) is 3.73. The van der Waals surface area contributed by atoms with Crippen molar-refractivity contribution < 1.29 is 13.5 Å². The molecule has 5 heteroatoms. The first-order valence-electron chi connectivity index (χ1n) is 6.48. The van der Waals surface area contributed by atoms with Gasteiger partial charge in [0.15, 0.2) is 0 Å². The van der Waals surface area contributed by atoms with Crippen LogP contribution < -0.4 is 0 Å². The van der Waals surface area contributed by atoms with Crippen molar-refractivity contribution >= 4 is 10.0 Å². The van der Waals surface area contributed by atoms with Gasteiger partial charge in [0.2, 0.25) is 10.0 Å². The van der Waals surface area contributed by atoms with Gasteiger partial charge in [0.1, 0.15) is 0 Å². The van der Waals surface area contributed by atoms with Crippen LogP contribution in [0.2, 0.25) is 0 Å². The normalized spacial score (nSPS) is 25.1. The molecule has 0 aromatic heterocycles. The summed E-state index contributed by atoms with van der Waals surface area (Å²) >= 11 is 0. The number of benzene rings is 1. The van der Waals surface area contributed by atoms with Crippen LogP contribution in [-0.2, 0) is 10.0 Å². The van der Waals surface area contributed by atoms with Crippen molar-refractivity contribution in [3.63, 3.8) is 0 Å². The molecule has 2 rings (SSSR count). The van der Waals surface area contributed by atoms with Crippen molar-refractivity contribution in [1.82, 2.24) is 4.31 Å². The van der Waals surface area contributed by atoms with E-state index in [1.54, 1.807) is 20.8 Å². The van der Waals surface area contributed by atoms with Crippen LogP contribution in [0.25, 0.3) is 0 Å². The first-order chi connectivity index (χ1) is 8.79. The Balaban J connectivity index is 2.35. The summed E-state index contributed by atoms with van der Waals surface area (Å²) in [6.07, 6.45) is 0.676. The molecule has 4 nitrogen and oxygen atoms in total. The summed E-state index contributed by atoms with van der Waals surface area (Å²) in [4.78, 5) is 0. The molecule has 2 atom stereocenters. The third-order valence-corrected chi connectivity index (χ3v) is 6.26. The number of hydrogen-bond donors (Lipinski definition) is 1. The minimum absolute atomic E-state index is 0.126. The summed E-state index contributed by atoms with van der Waals surface area (Å²) in [6.45, 7) is 4.95. The molecule has 1 aliphatic rings. The Hall–Kier alpha value is -0.910. The zero-order valence-corrected chi connectivity index (χ0v) is 12.4. The lowest BCUT2D eigenvalue weighted by Crippen LogP contribution is -2.58. The third kappa shape index (κ3) is 2.42. The van der Waals surface area contributed by atoms with Crippen LogP contribution in [0.4, 0.5) is 0 Å². The molecule has 0 saturated carbocycles. The molecule has 1 aliphatic heterocycles. The third-order valence-electron chi connectivity index (χ3n) is 3.61. The van der Waals surface area contributed by atoms with E-state index in [0.717, 1.165) is 5.56 Å². The lowest BCUT2D eigenvalue weighted by Gasteiger charge is -2.49. The van der Waals surface area contributed by atoms with Crippen molar-refractivity contribution in [3.05, 3.63) is 35.9 Å². The minimum atomic E-state index is -3.42. The van der Waals surface area contributed by atoms with E-state index in [-0.39, 0.29) is 18.7 Å². The van der Waals surface area contributed by atoms with Gasteiger partial charge in [-0.3, -0.25) is 0 Å². The predicted octanol–water partition coefficient (Wildman–Crippen LogP) is 1.92. The van der Waals surface area contributed by atoms with Crippen molar-refractivity contribution in [2.75, 3.05) is 6.61 Å². The monoisotopic (exact) mass is 283 g/mol. The molecule has 0 spiro atoms. The highest BCUT2D eigenvalue weighted by atomic mass is 32.2. The van der Waals surface area contributed by atoms with Gasteiger partial charge < -0.3 is 5.11 Å². The summed E-state index contributed by atoms with van der Waals surface area (Å²) in [5, 5.41) is 9.34. The van der Waals surface area contributed by atoms with Gasteiger partial charge >= 0.3 is 0 Å². The van der Waals surface area contributed by atoms with E-state index in [4.69, 9.17) is 0 Å². The number of sulfonamides is 1. The molecule has 1 fully saturated rings. The zero-order chi connectivity index (χ0) is 14.3. The molecule has 1 saturated heterocycles. The second-order valence-electron chi connectivity index (χ2n) is 5.95. The van der Waals surface area contributed by atoms with Gasteiger partial charge in [-0.1, -0.05) is 30.3 Å². The molecule has 1 aromatic carbocycles. The molecule has 1 aromatic rings. The highest BCUT2D eigenvalue weighted by Gasteiger charge is 2.50. The van der Waals surface area contributed by atoms with Crippen LogP contribution in [0.5, 0.6) is 0 Å². The van der Waals surface area contributed by atoms with Gasteiger partial charge in [0.05, 0.1) is 23.4 Å².